The van der Waals surface area contributed by atoms with E-state index < -0.39 is 10.9 Å². The van der Waals surface area contributed by atoms with Crippen LogP contribution in [0.25, 0.3) is 11.1 Å². The molecule has 2 aromatic rings. The average molecular weight is 285 g/mol. The topological polar surface area (TPSA) is 80.4 Å². The van der Waals surface area contributed by atoms with E-state index >= 15 is 0 Å². The van der Waals surface area contributed by atoms with Crippen LogP contribution in [-0.4, -0.2) is 16.0 Å². The molecule has 0 aromatic heterocycles. The highest BCUT2D eigenvalue weighted by Gasteiger charge is 2.14. The van der Waals surface area contributed by atoms with Crippen LogP contribution in [0.3, 0.4) is 0 Å². The molecule has 5 nitrogen and oxygen atoms in total. The highest BCUT2D eigenvalue weighted by molar-refractivity contribution is 5.90. The van der Waals surface area contributed by atoms with Crippen LogP contribution in [0.15, 0.2) is 42.5 Å². The van der Waals surface area contributed by atoms with Gasteiger partial charge in [-0.3, -0.25) is 10.1 Å². The van der Waals surface area contributed by atoms with Crippen LogP contribution in [0, 0.1) is 10.1 Å². The van der Waals surface area contributed by atoms with E-state index in [1.807, 2.05) is 24.3 Å². The number of carboxylic acids is 1. The lowest BCUT2D eigenvalue weighted by molar-refractivity contribution is -0.384. The summed E-state index contributed by atoms with van der Waals surface area (Å²) in [5.41, 5.74) is 2.15. The highest BCUT2D eigenvalue weighted by Crippen LogP contribution is 2.27. The molecule has 0 heterocycles. The van der Waals surface area contributed by atoms with Crippen molar-refractivity contribution in [2.45, 2.75) is 19.8 Å². The second-order valence-electron chi connectivity index (χ2n) is 4.78. The Hall–Kier alpha value is -2.69. The monoisotopic (exact) mass is 285 g/mol. The lowest BCUT2D eigenvalue weighted by Crippen LogP contribution is -1.99. The number of carboxylic acid groups (broad SMARTS) is 1. The van der Waals surface area contributed by atoms with Crippen molar-refractivity contribution < 1.29 is 14.8 Å². The first kappa shape index (κ1) is 14.7. The number of nitro benzene ring substituents is 1. The van der Waals surface area contributed by atoms with E-state index in [1.165, 1.54) is 12.1 Å². The van der Waals surface area contributed by atoms with Crippen LogP contribution in [0.2, 0.25) is 0 Å². The number of nitrogens with zero attached hydrogens (tertiary/aromatic N) is 1. The Morgan fingerprint density at radius 3 is 2.57 bits per heavy atom. The third-order valence-electron chi connectivity index (χ3n) is 3.17. The molecule has 0 aliphatic carbocycles. The molecular formula is C16H15NO4. The smallest absolute Gasteiger partial charge is 0.335 e. The van der Waals surface area contributed by atoms with Crippen molar-refractivity contribution >= 4 is 11.7 Å². The SMILES string of the molecule is CCCc1cccc(-c2cc(C(=O)O)cc([N+](=O)[O-])c2)c1. The van der Waals surface area contributed by atoms with E-state index in [9.17, 15) is 14.9 Å². The second-order valence-corrected chi connectivity index (χ2v) is 4.78. The van der Waals surface area contributed by atoms with Gasteiger partial charge in [0.1, 0.15) is 0 Å². The Labute approximate surface area is 122 Å². The van der Waals surface area contributed by atoms with Crippen LogP contribution in [-0.2, 0) is 6.42 Å². The lowest BCUT2D eigenvalue weighted by Gasteiger charge is -2.06. The molecule has 5 heteroatoms. The molecule has 0 unspecified atom stereocenters. The Kier molecular flexibility index (Phi) is 4.33. The van der Waals surface area contributed by atoms with E-state index in [2.05, 4.69) is 6.92 Å². The second kappa shape index (κ2) is 6.17. The molecular weight excluding hydrogens is 270 g/mol. The summed E-state index contributed by atoms with van der Waals surface area (Å²) in [4.78, 5) is 21.5. The summed E-state index contributed by atoms with van der Waals surface area (Å²) < 4.78 is 0. The van der Waals surface area contributed by atoms with Crippen molar-refractivity contribution in [2.75, 3.05) is 0 Å². The minimum absolute atomic E-state index is 0.0832. The van der Waals surface area contributed by atoms with Crippen LogP contribution < -0.4 is 0 Å². The standard InChI is InChI=1S/C16H15NO4/c1-2-4-11-5-3-6-12(7-11)13-8-14(16(18)19)10-15(9-13)17(20)21/h3,5-10H,2,4H2,1H3,(H,18,19). The van der Waals surface area contributed by atoms with Crippen molar-refractivity contribution in [3.05, 3.63) is 63.7 Å². The summed E-state index contributed by atoms with van der Waals surface area (Å²) in [7, 11) is 0. The average Bonchev–Trinajstić information content (AvgIpc) is 2.47. The van der Waals surface area contributed by atoms with Gasteiger partial charge in [-0.1, -0.05) is 37.6 Å². The molecule has 0 atom stereocenters. The fraction of sp³-hybridized carbons (Fsp3) is 0.188. The van der Waals surface area contributed by atoms with Crippen LogP contribution in [0.5, 0.6) is 0 Å². The number of carbonyl (C=O) groups is 1. The molecule has 21 heavy (non-hydrogen) atoms. The molecule has 0 aliphatic heterocycles. The first-order valence-corrected chi connectivity index (χ1v) is 6.63. The Bertz CT molecular complexity index is 662. The minimum Gasteiger partial charge on any atom is -0.478 e. The third kappa shape index (κ3) is 3.45. The van der Waals surface area contributed by atoms with Gasteiger partial charge in [-0.2, -0.15) is 0 Å². The number of hydrogen-bond acceptors (Lipinski definition) is 3. The zero-order valence-corrected chi connectivity index (χ0v) is 11.6. The van der Waals surface area contributed by atoms with Gasteiger partial charge in [0.25, 0.3) is 5.69 Å². The summed E-state index contributed by atoms with van der Waals surface area (Å²) in [6, 6.07) is 11.6. The molecule has 2 rings (SSSR count). The fourth-order valence-electron chi connectivity index (χ4n) is 2.20. The first-order chi connectivity index (χ1) is 10.0. The number of benzene rings is 2. The molecule has 2 aromatic carbocycles. The molecule has 1 N–H and O–H groups in total. The van der Waals surface area contributed by atoms with Gasteiger partial charge in [-0.05, 0) is 29.2 Å². The van der Waals surface area contributed by atoms with Gasteiger partial charge in [0.15, 0.2) is 0 Å². The van der Waals surface area contributed by atoms with E-state index in [0.29, 0.717) is 5.56 Å². The van der Waals surface area contributed by atoms with E-state index in [1.54, 1.807) is 0 Å². The van der Waals surface area contributed by atoms with Crippen LogP contribution in [0.4, 0.5) is 5.69 Å². The van der Waals surface area contributed by atoms with Crippen molar-refractivity contribution in [1.29, 1.82) is 0 Å². The largest absolute Gasteiger partial charge is 0.478 e. The van der Waals surface area contributed by atoms with Crippen molar-refractivity contribution in [3.8, 4) is 11.1 Å². The van der Waals surface area contributed by atoms with Gasteiger partial charge in [0.2, 0.25) is 0 Å². The quantitative estimate of drug-likeness (QED) is 0.667. The van der Waals surface area contributed by atoms with Crippen LogP contribution >= 0.6 is 0 Å². The molecule has 0 bridgehead atoms. The summed E-state index contributed by atoms with van der Waals surface area (Å²) in [5.74, 6) is -1.18. The van der Waals surface area contributed by atoms with Crippen LogP contribution in [0.1, 0.15) is 29.3 Å². The van der Waals surface area contributed by atoms with Crippen molar-refractivity contribution in [3.63, 3.8) is 0 Å². The number of nitro groups is 1. The van der Waals surface area contributed by atoms with Gasteiger partial charge in [-0.25, -0.2) is 4.79 Å². The molecule has 0 amide bonds. The van der Waals surface area contributed by atoms with Crippen molar-refractivity contribution in [1.82, 2.24) is 0 Å². The maximum atomic E-state index is 11.1. The van der Waals surface area contributed by atoms with E-state index in [4.69, 9.17) is 5.11 Å². The number of aryl methyl sites for hydroxylation is 1. The Morgan fingerprint density at radius 2 is 1.95 bits per heavy atom. The maximum absolute atomic E-state index is 11.1. The lowest BCUT2D eigenvalue weighted by atomic mass is 9.99. The number of aromatic carboxylic acids is 1. The minimum atomic E-state index is -1.18. The summed E-state index contributed by atoms with van der Waals surface area (Å²) in [6.07, 6.45) is 1.91. The zero-order chi connectivity index (χ0) is 15.4. The summed E-state index contributed by atoms with van der Waals surface area (Å²) >= 11 is 0. The Morgan fingerprint density at radius 1 is 1.19 bits per heavy atom. The van der Waals surface area contributed by atoms with Gasteiger partial charge >= 0.3 is 5.97 Å². The van der Waals surface area contributed by atoms with Gasteiger partial charge < -0.3 is 5.11 Å². The summed E-state index contributed by atoms with van der Waals surface area (Å²) in [5, 5.41) is 20.0. The van der Waals surface area contributed by atoms with E-state index in [-0.39, 0.29) is 11.3 Å². The zero-order valence-electron chi connectivity index (χ0n) is 11.6. The van der Waals surface area contributed by atoms with Gasteiger partial charge in [0.05, 0.1) is 10.5 Å². The normalized spacial score (nSPS) is 10.3. The molecule has 0 fully saturated rings. The number of hydrogen-bond donors (Lipinski definition) is 1. The molecule has 108 valence electrons. The summed E-state index contributed by atoms with van der Waals surface area (Å²) in [6.45, 7) is 2.07. The van der Waals surface area contributed by atoms with Crippen molar-refractivity contribution in [2.24, 2.45) is 0 Å². The molecule has 0 radical (unpaired) electrons. The molecule has 0 aliphatic rings. The number of non-ortho nitro benzene ring substituents is 1. The highest BCUT2D eigenvalue weighted by atomic mass is 16.6. The fourth-order valence-corrected chi connectivity index (χ4v) is 2.20. The Balaban J connectivity index is 2.54. The third-order valence-corrected chi connectivity index (χ3v) is 3.17. The van der Waals surface area contributed by atoms with E-state index in [0.717, 1.165) is 30.0 Å². The predicted molar refractivity (Wildman–Crippen MR) is 79.5 cm³/mol. The van der Waals surface area contributed by atoms with Gasteiger partial charge in [0, 0.05) is 12.1 Å². The molecule has 0 saturated carbocycles. The predicted octanol–water partition coefficient (Wildman–Crippen LogP) is 3.91. The molecule has 0 saturated heterocycles. The first-order valence-electron chi connectivity index (χ1n) is 6.63. The van der Waals surface area contributed by atoms with Gasteiger partial charge in [-0.15, -0.1) is 0 Å². The molecule has 0 spiro atoms. The number of rotatable bonds is 5. The maximum Gasteiger partial charge on any atom is 0.335 e.